The summed E-state index contributed by atoms with van der Waals surface area (Å²) in [5, 5.41) is 9.27. The highest BCUT2D eigenvalue weighted by molar-refractivity contribution is 5.90. The molecule has 0 saturated carbocycles. The van der Waals surface area contributed by atoms with Crippen LogP contribution in [0.2, 0.25) is 0 Å². The number of carbonyl (C=O) groups is 1. The van der Waals surface area contributed by atoms with E-state index >= 15 is 0 Å². The van der Waals surface area contributed by atoms with Gasteiger partial charge in [-0.1, -0.05) is 0 Å². The average Bonchev–Trinajstić information content (AvgIpc) is 2.19. The van der Waals surface area contributed by atoms with Crippen molar-refractivity contribution < 1.29 is 14.6 Å². The van der Waals surface area contributed by atoms with Crippen LogP contribution in [0.15, 0.2) is 30.3 Å². The smallest absolute Gasteiger partial charge is 0.373 e. The summed E-state index contributed by atoms with van der Waals surface area (Å²) in [6.07, 6.45) is 4.48. The van der Waals surface area contributed by atoms with Gasteiger partial charge in [0, 0.05) is 12.4 Å². The van der Waals surface area contributed by atoms with Gasteiger partial charge in [-0.2, -0.15) is 0 Å². The second-order valence-corrected chi connectivity index (χ2v) is 2.53. The molecule has 1 aromatic rings. The fourth-order valence-corrected chi connectivity index (χ4v) is 0.882. The number of carbonyl (C=O) groups excluding carboxylic acids is 1. The van der Waals surface area contributed by atoms with Gasteiger partial charge < -0.3 is 9.84 Å². The Morgan fingerprint density at radius 1 is 1.57 bits per heavy atom. The number of esters is 1. The van der Waals surface area contributed by atoms with E-state index in [1.54, 1.807) is 31.5 Å². The first kappa shape index (κ1) is 10.2. The Balaban J connectivity index is 2.74. The number of aliphatic hydroxyl groups is 1. The van der Waals surface area contributed by atoms with Crippen molar-refractivity contribution in [1.82, 2.24) is 4.98 Å². The standard InChI is InChI=1S/C10H11NO3/c1-2-14-10(13)9(12)7-8-3-5-11-6-4-8/h3-7,12H,2H2,1H3/b9-7-. The molecule has 0 fully saturated rings. The molecule has 0 aliphatic carbocycles. The first-order valence-corrected chi connectivity index (χ1v) is 4.22. The third-order valence-electron chi connectivity index (χ3n) is 1.49. The third kappa shape index (κ3) is 2.90. The topological polar surface area (TPSA) is 59.4 Å². The molecule has 0 aliphatic heterocycles. The lowest BCUT2D eigenvalue weighted by molar-refractivity contribution is -0.141. The van der Waals surface area contributed by atoms with Gasteiger partial charge in [0.1, 0.15) is 0 Å². The molecular formula is C10H11NO3. The number of hydrogen-bond donors (Lipinski definition) is 1. The summed E-state index contributed by atoms with van der Waals surface area (Å²) in [4.78, 5) is 14.8. The Kier molecular flexibility index (Phi) is 3.67. The van der Waals surface area contributed by atoms with Crippen molar-refractivity contribution in [1.29, 1.82) is 0 Å². The van der Waals surface area contributed by atoms with Crippen LogP contribution in [0, 0.1) is 0 Å². The number of aliphatic hydroxyl groups excluding tert-OH is 1. The summed E-state index contributed by atoms with van der Waals surface area (Å²) in [6, 6.07) is 3.35. The summed E-state index contributed by atoms with van der Waals surface area (Å²) in [6.45, 7) is 1.92. The second kappa shape index (κ2) is 5.01. The average molecular weight is 193 g/mol. The molecule has 4 nitrogen and oxygen atoms in total. The number of hydrogen-bond acceptors (Lipinski definition) is 4. The number of aromatic nitrogens is 1. The maximum atomic E-state index is 11.0. The van der Waals surface area contributed by atoms with E-state index in [1.165, 1.54) is 6.08 Å². The zero-order chi connectivity index (χ0) is 10.4. The summed E-state index contributed by atoms with van der Waals surface area (Å²) in [5.41, 5.74) is 0.700. The highest BCUT2D eigenvalue weighted by Gasteiger charge is 2.07. The lowest BCUT2D eigenvalue weighted by Crippen LogP contribution is -2.06. The first-order chi connectivity index (χ1) is 6.74. The highest BCUT2D eigenvalue weighted by Crippen LogP contribution is 2.04. The third-order valence-corrected chi connectivity index (χ3v) is 1.49. The molecule has 0 spiro atoms. The van der Waals surface area contributed by atoms with Crippen LogP contribution in [0.1, 0.15) is 12.5 Å². The largest absolute Gasteiger partial charge is 0.502 e. The van der Waals surface area contributed by atoms with Crippen LogP contribution in [0.5, 0.6) is 0 Å². The molecule has 0 saturated heterocycles. The van der Waals surface area contributed by atoms with Crippen molar-refractivity contribution >= 4 is 12.0 Å². The minimum absolute atomic E-state index is 0.243. The minimum atomic E-state index is -0.718. The molecule has 4 heteroatoms. The van der Waals surface area contributed by atoms with Crippen molar-refractivity contribution in [2.75, 3.05) is 6.61 Å². The quantitative estimate of drug-likeness (QED) is 0.449. The molecule has 0 radical (unpaired) electrons. The maximum Gasteiger partial charge on any atom is 0.373 e. The van der Waals surface area contributed by atoms with Gasteiger partial charge in [0.05, 0.1) is 6.61 Å². The Hall–Kier alpha value is -1.84. The van der Waals surface area contributed by atoms with Gasteiger partial charge in [-0.3, -0.25) is 4.98 Å². The molecule has 0 amide bonds. The lowest BCUT2D eigenvalue weighted by atomic mass is 10.2. The van der Waals surface area contributed by atoms with Gasteiger partial charge >= 0.3 is 5.97 Å². The monoisotopic (exact) mass is 193 g/mol. The molecule has 1 heterocycles. The Morgan fingerprint density at radius 2 is 2.21 bits per heavy atom. The Bertz CT molecular complexity index is 332. The van der Waals surface area contributed by atoms with Crippen molar-refractivity contribution in [3.63, 3.8) is 0 Å². The summed E-state index contributed by atoms with van der Waals surface area (Å²) >= 11 is 0. The molecular weight excluding hydrogens is 182 g/mol. The normalized spacial score (nSPS) is 11.1. The van der Waals surface area contributed by atoms with Crippen LogP contribution in [0.4, 0.5) is 0 Å². The first-order valence-electron chi connectivity index (χ1n) is 4.22. The van der Waals surface area contributed by atoms with Crippen molar-refractivity contribution in [2.24, 2.45) is 0 Å². The molecule has 0 aromatic carbocycles. The Morgan fingerprint density at radius 3 is 2.79 bits per heavy atom. The predicted molar refractivity (Wildman–Crippen MR) is 51.5 cm³/mol. The van der Waals surface area contributed by atoms with Gasteiger partial charge in [0.2, 0.25) is 5.76 Å². The minimum Gasteiger partial charge on any atom is -0.502 e. The van der Waals surface area contributed by atoms with Crippen molar-refractivity contribution in [2.45, 2.75) is 6.92 Å². The molecule has 0 aliphatic rings. The molecule has 1 rings (SSSR count). The Labute approximate surface area is 81.9 Å². The van der Waals surface area contributed by atoms with E-state index < -0.39 is 11.7 Å². The van der Waals surface area contributed by atoms with Gasteiger partial charge in [-0.25, -0.2) is 4.79 Å². The number of nitrogens with zero attached hydrogens (tertiary/aromatic N) is 1. The van der Waals surface area contributed by atoms with Crippen LogP contribution in [-0.2, 0) is 9.53 Å². The summed E-state index contributed by atoms with van der Waals surface area (Å²) in [5.74, 6) is -1.12. The molecule has 0 atom stereocenters. The van der Waals surface area contributed by atoms with Crippen LogP contribution in [0.3, 0.4) is 0 Å². The molecule has 1 aromatic heterocycles. The van der Waals surface area contributed by atoms with E-state index in [0.29, 0.717) is 5.56 Å². The fraction of sp³-hybridized carbons (Fsp3) is 0.200. The number of rotatable bonds is 3. The summed E-state index contributed by atoms with van der Waals surface area (Å²) < 4.78 is 4.60. The zero-order valence-electron chi connectivity index (χ0n) is 7.80. The SMILES string of the molecule is CCOC(=O)/C(O)=C/c1ccncc1. The van der Waals surface area contributed by atoms with Crippen molar-refractivity contribution in [3.8, 4) is 0 Å². The summed E-state index contributed by atoms with van der Waals surface area (Å²) in [7, 11) is 0. The number of pyridine rings is 1. The van der Waals surface area contributed by atoms with E-state index in [2.05, 4.69) is 9.72 Å². The van der Waals surface area contributed by atoms with Crippen LogP contribution >= 0.6 is 0 Å². The predicted octanol–water partition coefficient (Wildman–Crippen LogP) is 1.54. The van der Waals surface area contributed by atoms with Gasteiger partial charge in [0.15, 0.2) is 0 Å². The molecule has 1 N–H and O–H groups in total. The zero-order valence-corrected chi connectivity index (χ0v) is 7.80. The van der Waals surface area contributed by atoms with E-state index in [1.807, 2.05) is 0 Å². The maximum absolute atomic E-state index is 11.0. The number of ether oxygens (including phenoxy) is 1. The molecule has 14 heavy (non-hydrogen) atoms. The van der Waals surface area contributed by atoms with E-state index in [0.717, 1.165) is 0 Å². The molecule has 74 valence electrons. The van der Waals surface area contributed by atoms with E-state index in [9.17, 15) is 9.90 Å². The van der Waals surface area contributed by atoms with Gasteiger partial charge in [-0.15, -0.1) is 0 Å². The molecule has 0 unspecified atom stereocenters. The highest BCUT2D eigenvalue weighted by atomic mass is 16.5. The van der Waals surface area contributed by atoms with E-state index in [-0.39, 0.29) is 6.61 Å². The van der Waals surface area contributed by atoms with Crippen LogP contribution < -0.4 is 0 Å². The van der Waals surface area contributed by atoms with Crippen molar-refractivity contribution in [3.05, 3.63) is 35.8 Å². The second-order valence-electron chi connectivity index (χ2n) is 2.53. The van der Waals surface area contributed by atoms with E-state index in [4.69, 9.17) is 0 Å². The van der Waals surface area contributed by atoms with Gasteiger partial charge in [0.25, 0.3) is 0 Å². The lowest BCUT2D eigenvalue weighted by Gasteiger charge is -1.99. The van der Waals surface area contributed by atoms with Crippen LogP contribution in [-0.4, -0.2) is 22.7 Å². The fourth-order valence-electron chi connectivity index (χ4n) is 0.882. The van der Waals surface area contributed by atoms with Crippen LogP contribution in [0.25, 0.3) is 6.08 Å². The van der Waals surface area contributed by atoms with Gasteiger partial charge in [-0.05, 0) is 30.7 Å². The molecule has 0 bridgehead atoms.